The number of carbonyl (C=O) groups is 2. The van der Waals surface area contributed by atoms with Gasteiger partial charge in [-0.05, 0) is 34.5 Å². The van der Waals surface area contributed by atoms with Gasteiger partial charge >= 0.3 is 0 Å². The lowest BCUT2D eigenvalue weighted by Gasteiger charge is -2.17. The molecular formula is C32H25N3O2S. The molecule has 0 bridgehead atoms. The van der Waals surface area contributed by atoms with Crippen molar-refractivity contribution >= 4 is 40.0 Å². The van der Waals surface area contributed by atoms with Crippen LogP contribution in [0, 0.1) is 0 Å². The molecule has 0 spiro atoms. The lowest BCUT2D eigenvalue weighted by molar-refractivity contribution is -0.123. The molecule has 0 aromatic heterocycles. The third-order valence-electron chi connectivity index (χ3n) is 6.62. The summed E-state index contributed by atoms with van der Waals surface area (Å²) in [5, 5.41) is 0.608. The molecule has 0 unspecified atom stereocenters. The summed E-state index contributed by atoms with van der Waals surface area (Å²) in [4.78, 5) is 36.6. The Labute approximate surface area is 226 Å². The summed E-state index contributed by atoms with van der Waals surface area (Å²) in [6.07, 6.45) is 0. The molecule has 0 atom stereocenters. The minimum Gasteiger partial charge on any atom is -0.303 e. The lowest BCUT2D eigenvalue weighted by atomic mass is 10.1. The van der Waals surface area contributed by atoms with Crippen LogP contribution < -0.4 is 4.90 Å². The first-order chi connectivity index (χ1) is 18.7. The summed E-state index contributed by atoms with van der Waals surface area (Å²) >= 11 is 1.30. The maximum absolute atomic E-state index is 13.9. The van der Waals surface area contributed by atoms with E-state index in [0.717, 1.165) is 27.9 Å². The molecule has 6 heteroatoms. The van der Waals surface area contributed by atoms with E-state index in [1.54, 1.807) is 9.80 Å². The van der Waals surface area contributed by atoms with Crippen molar-refractivity contribution in [2.24, 2.45) is 4.99 Å². The molecule has 4 aromatic carbocycles. The third kappa shape index (κ3) is 4.66. The van der Waals surface area contributed by atoms with E-state index in [1.807, 2.05) is 115 Å². The van der Waals surface area contributed by atoms with Crippen LogP contribution in [-0.2, 0) is 29.2 Å². The van der Waals surface area contributed by atoms with Crippen LogP contribution >= 0.6 is 11.8 Å². The number of amides is 2. The molecule has 4 aromatic rings. The number of nitrogens with zero attached hydrogens (tertiary/aromatic N) is 3. The van der Waals surface area contributed by atoms with Gasteiger partial charge in [-0.25, -0.2) is 0 Å². The Morgan fingerprint density at radius 3 is 1.74 bits per heavy atom. The Kier molecular flexibility index (Phi) is 6.63. The van der Waals surface area contributed by atoms with E-state index in [9.17, 15) is 9.59 Å². The zero-order chi connectivity index (χ0) is 25.9. The maximum atomic E-state index is 13.9. The number of anilines is 1. The Hall–Kier alpha value is -4.42. The van der Waals surface area contributed by atoms with E-state index < -0.39 is 0 Å². The van der Waals surface area contributed by atoms with Gasteiger partial charge in [-0.2, -0.15) is 0 Å². The second kappa shape index (κ2) is 10.5. The predicted octanol–water partition coefficient (Wildman–Crippen LogP) is 6.28. The smallest absolute Gasteiger partial charge is 0.267 e. The lowest BCUT2D eigenvalue weighted by Crippen LogP contribution is -2.30. The third-order valence-corrected chi connectivity index (χ3v) is 7.74. The van der Waals surface area contributed by atoms with E-state index >= 15 is 0 Å². The zero-order valence-corrected chi connectivity index (χ0v) is 21.5. The van der Waals surface area contributed by atoms with Gasteiger partial charge in [0.25, 0.3) is 11.8 Å². The summed E-state index contributed by atoms with van der Waals surface area (Å²) in [7, 11) is 0. The Morgan fingerprint density at radius 2 is 1.11 bits per heavy atom. The Balaban J connectivity index is 1.40. The van der Waals surface area contributed by atoms with Gasteiger partial charge < -0.3 is 4.90 Å². The van der Waals surface area contributed by atoms with E-state index in [0.29, 0.717) is 35.3 Å². The highest BCUT2D eigenvalue weighted by molar-refractivity contribution is 8.18. The van der Waals surface area contributed by atoms with Crippen molar-refractivity contribution in [2.75, 3.05) is 4.90 Å². The van der Waals surface area contributed by atoms with Gasteiger partial charge in [-0.15, -0.1) is 0 Å². The van der Waals surface area contributed by atoms with Crippen molar-refractivity contribution in [1.29, 1.82) is 0 Å². The number of carbonyl (C=O) groups excluding carboxylic acids is 2. The largest absolute Gasteiger partial charge is 0.303 e. The molecule has 186 valence electrons. The topological polar surface area (TPSA) is 53.0 Å². The van der Waals surface area contributed by atoms with Gasteiger partial charge in [0.1, 0.15) is 0 Å². The SMILES string of the molecule is O=C1/C(=C2/C(=O)N(Cc3ccccc3)c3ccccc32)SC(=NCc2ccccc2)N1Cc1ccccc1. The molecule has 38 heavy (non-hydrogen) atoms. The number of rotatable bonds is 6. The molecule has 1 saturated heterocycles. The van der Waals surface area contributed by atoms with E-state index in [2.05, 4.69) is 0 Å². The van der Waals surface area contributed by atoms with Gasteiger partial charge in [0, 0.05) is 5.56 Å². The summed E-state index contributed by atoms with van der Waals surface area (Å²) in [5.74, 6) is -0.347. The van der Waals surface area contributed by atoms with Crippen LogP contribution in [-0.4, -0.2) is 21.9 Å². The van der Waals surface area contributed by atoms with E-state index in [-0.39, 0.29) is 11.8 Å². The van der Waals surface area contributed by atoms with Crippen molar-refractivity contribution in [3.05, 3.63) is 142 Å². The number of amidine groups is 1. The van der Waals surface area contributed by atoms with Gasteiger partial charge in [-0.3, -0.25) is 19.5 Å². The van der Waals surface area contributed by atoms with Crippen LogP contribution in [0.15, 0.2) is 125 Å². The van der Waals surface area contributed by atoms with Crippen LogP contribution in [0.1, 0.15) is 22.3 Å². The van der Waals surface area contributed by atoms with Gasteiger partial charge in [0.2, 0.25) is 0 Å². The average Bonchev–Trinajstić information content (AvgIpc) is 3.41. The highest BCUT2D eigenvalue weighted by Crippen LogP contribution is 2.45. The molecule has 1 fully saturated rings. The number of fused-ring (bicyclic) bond motifs is 1. The minimum atomic E-state index is -0.189. The second-order valence-corrected chi connectivity index (χ2v) is 10.1. The summed E-state index contributed by atoms with van der Waals surface area (Å²) in [6, 6.07) is 37.4. The van der Waals surface area contributed by atoms with Crippen molar-refractivity contribution in [1.82, 2.24) is 4.90 Å². The summed E-state index contributed by atoms with van der Waals surface area (Å²) in [5.41, 5.74) is 5.15. The molecule has 6 rings (SSSR count). The quantitative estimate of drug-likeness (QED) is 0.284. The van der Waals surface area contributed by atoms with Crippen LogP contribution in [0.25, 0.3) is 5.57 Å². The standard InChI is InChI=1S/C32H25N3O2S/c36-30-28(26-18-10-11-19-27(26)34(30)21-24-14-6-2-7-15-24)29-31(37)35(22-25-16-8-3-9-17-25)32(38-29)33-20-23-12-4-1-5-13-23/h1-19H,20-22H2/b29-28-,33-32?. The van der Waals surface area contributed by atoms with Crippen LogP contribution in [0.4, 0.5) is 5.69 Å². The number of benzene rings is 4. The molecule has 2 aliphatic rings. The first-order valence-corrected chi connectivity index (χ1v) is 13.3. The van der Waals surface area contributed by atoms with Crippen molar-refractivity contribution < 1.29 is 9.59 Å². The fourth-order valence-corrected chi connectivity index (χ4v) is 5.81. The molecule has 2 amide bonds. The second-order valence-electron chi connectivity index (χ2n) is 9.16. The Morgan fingerprint density at radius 1 is 0.579 bits per heavy atom. The number of aliphatic imine (C=N–C) groups is 1. The number of thioether (sulfide) groups is 1. The van der Waals surface area contributed by atoms with Crippen molar-refractivity contribution in [2.45, 2.75) is 19.6 Å². The molecule has 0 saturated carbocycles. The van der Waals surface area contributed by atoms with Gasteiger partial charge in [0.05, 0.1) is 35.8 Å². The predicted molar refractivity (Wildman–Crippen MR) is 153 cm³/mol. The molecule has 2 aliphatic heterocycles. The van der Waals surface area contributed by atoms with Crippen LogP contribution in [0.5, 0.6) is 0 Å². The van der Waals surface area contributed by atoms with E-state index in [4.69, 9.17) is 4.99 Å². The molecule has 5 nitrogen and oxygen atoms in total. The van der Waals surface area contributed by atoms with Crippen LogP contribution in [0.3, 0.4) is 0 Å². The number of hydrogen-bond donors (Lipinski definition) is 0. The van der Waals surface area contributed by atoms with E-state index in [1.165, 1.54) is 11.8 Å². The van der Waals surface area contributed by atoms with Crippen LogP contribution in [0.2, 0.25) is 0 Å². The van der Waals surface area contributed by atoms with Crippen molar-refractivity contribution in [3.8, 4) is 0 Å². The number of hydrogen-bond acceptors (Lipinski definition) is 4. The number of para-hydroxylation sites is 1. The Bertz CT molecular complexity index is 1550. The monoisotopic (exact) mass is 515 g/mol. The normalized spacial score (nSPS) is 17.9. The van der Waals surface area contributed by atoms with Gasteiger partial charge in [0.15, 0.2) is 5.17 Å². The minimum absolute atomic E-state index is 0.158. The molecule has 0 aliphatic carbocycles. The fourth-order valence-electron chi connectivity index (χ4n) is 4.75. The first kappa shape index (κ1) is 23.9. The molecular weight excluding hydrogens is 490 g/mol. The fraction of sp³-hybridized carbons (Fsp3) is 0.0938. The highest BCUT2D eigenvalue weighted by atomic mass is 32.2. The highest BCUT2D eigenvalue weighted by Gasteiger charge is 2.42. The zero-order valence-electron chi connectivity index (χ0n) is 20.7. The maximum Gasteiger partial charge on any atom is 0.267 e. The average molecular weight is 516 g/mol. The summed E-state index contributed by atoms with van der Waals surface area (Å²) in [6.45, 7) is 1.28. The molecule has 0 N–H and O–H groups in total. The summed E-state index contributed by atoms with van der Waals surface area (Å²) < 4.78 is 0. The van der Waals surface area contributed by atoms with Crippen molar-refractivity contribution in [3.63, 3.8) is 0 Å². The molecule has 2 heterocycles. The van der Waals surface area contributed by atoms with Gasteiger partial charge in [-0.1, -0.05) is 109 Å². The molecule has 0 radical (unpaired) electrons. The first-order valence-electron chi connectivity index (χ1n) is 12.5.